The van der Waals surface area contributed by atoms with Gasteiger partial charge in [-0.25, -0.2) is 4.98 Å². The lowest BCUT2D eigenvalue weighted by atomic mass is 10.1. The summed E-state index contributed by atoms with van der Waals surface area (Å²) in [4.78, 5) is 16.5. The lowest BCUT2D eigenvalue weighted by molar-refractivity contribution is 0.102. The molecule has 0 unspecified atom stereocenters. The minimum absolute atomic E-state index is 0.283. The molecule has 3 rings (SSSR count). The van der Waals surface area contributed by atoms with Crippen molar-refractivity contribution >= 4 is 23.0 Å². The van der Waals surface area contributed by atoms with Crippen molar-refractivity contribution in [2.24, 2.45) is 0 Å². The van der Waals surface area contributed by atoms with Crippen molar-refractivity contribution in [2.75, 3.05) is 16.8 Å². The summed E-state index contributed by atoms with van der Waals surface area (Å²) in [5, 5.41) is 2.82. The Hall–Kier alpha value is -3.78. The van der Waals surface area contributed by atoms with Crippen LogP contribution >= 0.6 is 0 Å². The van der Waals surface area contributed by atoms with Crippen LogP contribution in [0, 0.1) is 11.8 Å². The highest BCUT2D eigenvalue weighted by atomic mass is 16.1. The fourth-order valence-electron chi connectivity index (χ4n) is 2.26. The third-order valence-electron chi connectivity index (χ3n) is 3.36. The van der Waals surface area contributed by atoms with Gasteiger partial charge in [0, 0.05) is 34.4 Å². The van der Waals surface area contributed by atoms with Crippen LogP contribution in [0.25, 0.3) is 0 Å². The molecule has 0 saturated carbocycles. The number of pyridine rings is 1. The zero-order chi connectivity index (χ0) is 17.6. The van der Waals surface area contributed by atoms with Crippen LogP contribution in [0.2, 0.25) is 0 Å². The standard InChI is InChI=1S/C20H16N4O/c21-16-11-15(12-17(22)13-16)20(25)24-19-6-3-4-14(10-19)7-8-18-5-1-2-9-23-18/h1-6,9-13H,21-22H2,(H,24,25). The van der Waals surface area contributed by atoms with E-state index in [0.717, 1.165) is 5.56 Å². The number of hydrogen-bond donors (Lipinski definition) is 3. The van der Waals surface area contributed by atoms with Gasteiger partial charge in [-0.05, 0) is 54.5 Å². The lowest BCUT2D eigenvalue weighted by Crippen LogP contribution is -2.12. The van der Waals surface area contributed by atoms with Gasteiger partial charge in [0.25, 0.3) is 5.91 Å². The number of hydrogen-bond acceptors (Lipinski definition) is 4. The topological polar surface area (TPSA) is 94.0 Å². The number of nitrogen functional groups attached to an aromatic ring is 2. The molecule has 0 atom stereocenters. The maximum atomic E-state index is 12.3. The summed E-state index contributed by atoms with van der Waals surface area (Å²) in [7, 11) is 0. The predicted octanol–water partition coefficient (Wildman–Crippen LogP) is 2.90. The number of amides is 1. The molecule has 25 heavy (non-hydrogen) atoms. The van der Waals surface area contributed by atoms with Crippen molar-refractivity contribution in [3.8, 4) is 11.8 Å². The molecule has 0 aliphatic carbocycles. The van der Waals surface area contributed by atoms with Gasteiger partial charge >= 0.3 is 0 Å². The first kappa shape index (κ1) is 16.1. The number of nitrogens with two attached hydrogens (primary N) is 2. The van der Waals surface area contributed by atoms with Crippen molar-refractivity contribution in [1.29, 1.82) is 0 Å². The fraction of sp³-hybridized carbons (Fsp3) is 0. The molecular weight excluding hydrogens is 312 g/mol. The minimum Gasteiger partial charge on any atom is -0.399 e. The van der Waals surface area contributed by atoms with Crippen LogP contribution in [0.4, 0.5) is 17.1 Å². The van der Waals surface area contributed by atoms with Gasteiger partial charge in [0.05, 0.1) is 0 Å². The number of anilines is 3. The Morgan fingerprint density at radius 1 is 0.920 bits per heavy atom. The third kappa shape index (κ3) is 4.36. The van der Waals surface area contributed by atoms with E-state index >= 15 is 0 Å². The van der Waals surface area contributed by atoms with Crippen molar-refractivity contribution < 1.29 is 4.79 Å². The van der Waals surface area contributed by atoms with Gasteiger partial charge in [0.15, 0.2) is 0 Å². The van der Waals surface area contributed by atoms with Crippen LogP contribution in [0.5, 0.6) is 0 Å². The summed E-state index contributed by atoms with van der Waals surface area (Å²) >= 11 is 0. The van der Waals surface area contributed by atoms with Crippen LogP contribution in [-0.2, 0) is 0 Å². The number of nitrogens with one attached hydrogen (secondary N) is 1. The molecule has 0 spiro atoms. The molecule has 3 aromatic rings. The summed E-state index contributed by atoms with van der Waals surface area (Å²) in [5.74, 6) is 5.73. The smallest absolute Gasteiger partial charge is 0.255 e. The number of rotatable bonds is 2. The summed E-state index contributed by atoms with van der Waals surface area (Å²) in [6.45, 7) is 0. The van der Waals surface area contributed by atoms with Crippen molar-refractivity contribution in [2.45, 2.75) is 0 Å². The van der Waals surface area contributed by atoms with E-state index in [4.69, 9.17) is 11.5 Å². The molecule has 122 valence electrons. The average Bonchev–Trinajstić information content (AvgIpc) is 2.60. The average molecular weight is 328 g/mol. The highest BCUT2D eigenvalue weighted by Crippen LogP contribution is 2.16. The monoisotopic (exact) mass is 328 g/mol. The molecule has 0 radical (unpaired) electrons. The molecule has 0 fully saturated rings. The van der Waals surface area contributed by atoms with Gasteiger partial charge in [-0.2, -0.15) is 0 Å². The Morgan fingerprint density at radius 3 is 2.44 bits per heavy atom. The Morgan fingerprint density at radius 2 is 1.72 bits per heavy atom. The zero-order valence-electron chi connectivity index (χ0n) is 13.4. The fourth-order valence-corrected chi connectivity index (χ4v) is 2.26. The van der Waals surface area contributed by atoms with E-state index in [1.807, 2.05) is 30.3 Å². The first-order valence-electron chi connectivity index (χ1n) is 7.61. The van der Waals surface area contributed by atoms with Crippen LogP contribution in [0.3, 0.4) is 0 Å². The summed E-state index contributed by atoms with van der Waals surface area (Å²) in [5.41, 5.74) is 14.8. The van der Waals surface area contributed by atoms with Gasteiger partial charge in [0.1, 0.15) is 5.69 Å². The van der Waals surface area contributed by atoms with Gasteiger partial charge < -0.3 is 16.8 Å². The van der Waals surface area contributed by atoms with Crippen LogP contribution in [-0.4, -0.2) is 10.9 Å². The van der Waals surface area contributed by atoms with E-state index in [-0.39, 0.29) is 5.91 Å². The Bertz CT molecular complexity index is 951. The van der Waals surface area contributed by atoms with Gasteiger partial charge in [-0.15, -0.1) is 0 Å². The second-order valence-corrected chi connectivity index (χ2v) is 5.39. The SMILES string of the molecule is Nc1cc(N)cc(C(=O)Nc2cccc(C#Cc3ccccn3)c2)c1. The molecule has 1 amide bonds. The molecule has 1 heterocycles. The van der Waals surface area contributed by atoms with E-state index in [0.29, 0.717) is 28.3 Å². The first-order valence-corrected chi connectivity index (χ1v) is 7.61. The normalized spacial score (nSPS) is 9.76. The maximum absolute atomic E-state index is 12.3. The van der Waals surface area contributed by atoms with Gasteiger partial charge in [-0.1, -0.05) is 18.1 Å². The largest absolute Gasteiger partial charge is 0.399 e. The number of carbonyl (C=O) groups excluding carboxylic acids is 1. The van der Waals surface area contributed by atoms with E-state index < -0.39 is 0 Å². The molecule has 5 nitrogen and oxygen atoms in total. The van der Waals surface area contributed by atoms with Gasteiger partial charge in [0.2, 0.25) is 0 Å². The van der Waals surface area contributed by atoms with Crippen LogP contribution in [0.15, 0.2) is 66.9 Å². The first-order chi connectivity index (χ1) is 12.1. The van der Waals surface area contributed by atoms with Crippen LogP contribution in [0.1, 0.15) is 21.6 Å². The molecule has 0 saturated heterocycles. The second kappa shape index (κ2) is 7.20. The number of aromatic nitrogens is 1. The van der Waals surface area contributed by atoms with Crippen molar-refractivity contribution in [1.82, 2.24) is 4.98 Å². The zero-order valence-corrected chi connectivity index (χ0v) is 13.4. The van der Waals surface area contributed by atoms with Crippen molar-refractivity contribution in [3.05, 3.63) is 83.7 Å². The Labute approximate surface area is 145 Å². The van der Waals surface area contributed by atoms with E-state index in [1.54, 1.807) is 36.5 Å². The van der Waals surface area contributed by atoms with Crippen molar-refractivity contribution in [3.63, 3.8) is 0 Å². The highest BCUT2D eigenvalue weighted by Gasteiger charge is 2.08. The minimum atomic E-state index is -0.283. The molecule has 0 bridgehead atoms. The summed E-state index contributed by atoms with van der Waals surface area (Å²) in [6, 6.07) is 17.6. The molecule has 5 N–H and O–H groups in total. The molecule has 2 aromatic carbocycles. The molecule has 1 aromatic heterocycles. The van der Waals surface area contributed by atoms with Crippen LogP contribution < -0.4 is 16.8 Å². The summed E-state index contributed by atoms with van der Waals surface area (Å²) in [6.07, 6.45) is 1.69. The van der Waals surface area contributed by atoms with Gasteiger partial charge in [-0.3, -0.25) is 4.79 Å². The second-order valence-electron chi connectivity index (χ2n) is 5.39. The molecule has 0 aliphatic heterocycles. The molecular formula is C20H16N4O. The quantitative estimate of drug-likeness (QED) is 0.498. The van der Waals surface area contributed by atoms with E-state index in [9.17, 15) is 4.79 Å². The molecule has 5 heteroatoms. The Kier molecular flexibility index (Phi) is 4.63. The maximum Gasteiger partial charge on any atom is 0.255 e. The third-order valence-corrected chi connectivity index (χ3v) is 3.36. The number of carbonyl (C=O) groups is 1. The highest BCUT2D eigenvalue weighted by molar-refractivity contribution is 6.05. The molecule has 0 aliphatic rings. The number of benzene rings is 2. The predicted molar refractivity (Wildman–Crippen MR) is 99.9 cm³/mol. The summed E-state index contributed by atoms with van der Waals surface area (Å²) < 4.78 is 0. The van der Waals surface area contributed by atoms with E-state index in [1.165, 1.54) is 0 Å². The van der Waals surface area contributed by atoms with E-state index in [2.05, 4.69) is 22.1 Å². The number of nitrogens with zero attached hydrogens (tertiary/aromatic N) is 1. The Balaban J connectivity index is 1.78. The lowest BCUT2D eigenvalue weighted by Gasteiger charge is -2.07.